The van der Waals surface area contributed by atoms with E-state index in [1.54, 1.807) is 6.92 Å². The highest BCUT2D eigenvalue weighted by Crippen LogP contribution is 2.34. The van der Waals surface area contributed by atoms with E-state index in [2.05, 4.69) is 16.0 Å². The fraction of sp³-hybridized carbons (Fsp3) is 0.524. The molecule has 2 heterocycles. The largest absolute Gasteiger partial charge is 0.340 e. The Morgan fingerprint density at radius 2 is 1.69 bits per heavy atom. The Bertz CT molecular complexity index is 754. The van der Waals surface area contributed by atoms with E-state index in [4.69, 9.17) is 0 Å². The predicted octanol–water partition coefficient (Wildman–Crippen LogP) is 1.13. The minimum atomic E-state index is -1.27. The van der Waals surface area contributed by atoms with Crippen molar-refractivity contribution >= 4 is 23.8 Å². The molecule has 8 nitrogen and oxygen atoms in total. The van der Waals surface area contributed by atoms with E-state index in [1.807, 2.05) is 35.2 Å². The molecule has 0 spiro atoms. The topological polar surface area (TPSA) is 108 Å². The zero-order valence-electron chi connectivity index (χ0n) is 16.7. The van der Waals surface area contributed by atoms with Crippen LogP contribution >= 0.6 is 0 Å². The molecule has 29 heavy (non-hydrogen) atoms. The second kappa shape index (κ2) is 9.17. The van der Waals surface area contributed by atoms with Gasteiger partial charge in [0.25, 0.3) is 0 Å². The number of amides is 5. The van der Waals surface area contributed by atoms with Crippen LogP contribution in [0.2, 0.25) is 0 Å². The summed E-state index contributed by atoms with van der Waals surface area (Å²) in [5, 5.41) is 7.66. The first-order chi connectivity index (χ1) is 14.0. The minimum Gasteiger partial charge on any atom is -0.340 e. The fourth-order valence-corrected chi connectivity index (χ4v) is 4.14. The highest BCUT2D eigenvalue weighted by Gasteiger charge is 2.48. The third-order valence-corrected chi connectivity index (χ3v) is 5.95. The summed E-state index contributed by atoms with van der Waals surface area (Å²) in [4.78, 5) is 51.3. The van der Waals surface area contributed by atoms with Gasteiger partial charge in [-0.3, -0.25) is 25.0 Å². The lowest BCUT2D eigenvalue weighted by atomic mass is 9.76. The normalized spacial score (nSPS) is 20.0. The lowest BCUT2D eigenvalue weighted by Crippen LogP contribution is -2.62. The molecule has 2 fully saturated rings. The molecule has 0 aromatic heterocycles. The average molecular weight is 400 g/mol. The molecule has 1 unspecified atom stereocenters. The van der Waals surface area contributed by atoms with Crippen molar-refractivity contribution in [2.75, 3.05) is 26.2 Å². The van der Waals surface area contributed by atoms with Crippen molar-refractivity contribution < 1.29 is 19.2 Å². The van der Waals surface area contributed by atoms with Crippen molar-refractivity contribution in [3.63, 3.8) is 0 Å². The molecular weight excluding hydrogens is 372 g/mol. The molecule has 0 saturated carbocycles. The Morgan fingerprint density at radius 1 is 1.07 bits per heavy atom. The van der Waals surface area contributed by atoms with Crippen LogP contribution in [0.1, 0.15) is 44.1 Å². The number of rotatable bonds is 7. The van der Waals surface area contributed by atoms with Crippen LogP contribution in [-0.2, 0) is 14.4 Å². The maximum absolute atomic E-state index is 13.2. The van der Waals surface area contributed by atoms with Gasteiger partial charge in [0.05, 0.1) is 5.92 Å². The number of piperazine rings is 1. The summed E-state index contributed by atoms with van der Waals surface area (Å²) in [5.74, 6) is -1.35. The molecule has 156 valence electrons. The standard InChI is InChI=1S/C21H28N4O4/c1-2-21(18(27)23-20(29)24-19(21)28)10-6-9-16(15-7-4-3-5-8-15)17(26)25-13-11-22-12-14-25/h3-5,7-8,16,22H,2,6,9-14H2,1H3,(H2,23,24,27,28,29). The van der Waals surface area contributed by atoms with Crippen LogP contribution < -0.4 is 16.0 Å². The first-order valence-electron chi connectivity index (χ1n) is 10.2. The Labute approximate surface area is 170 Å². The highest BCUT2D eigenvalue weighted by molar-refractivity contribution is 6.19. The smallest absolute Gasteiger partial charge is 0.328 e. The van der Waals surface area contributed by atoms with Gasteiger partial charge in [0.15, 0.2) is 0 Å². The third kappa shape index (κ3) is 4.48. The van der Waals surface area contributed by atoms with Crippen molar-refractivity contribution in [3.8, 4) is 0 Å². The minimum absolute atomic E-state index is 0.0796. The van der Waals surface area contributed by atoms with E-state index in [0.29, 0.717) is 32.4 Å². The van der Waals surface area contributed by atoms with Crippen molar-refractivity contribution in [1.29, 1.82) is 0 Å². The van der Waals surface area contributed by atoms with Gasteiger partial charge in [-0.2, -0.15) is 0 Å². The number of benzene rings is 1. The van der Waals surface area contributed by atoms with Crippen molar-refractivity contribution in [3.05, 3.63) is 35.9 Å². The monoisotopic (exact) mass is 400 g/mol. The van der Waals surface area contributed by atoms with E-state index in [9.17, 15) is 19.2 Å². The van der Waals surface area contributed by atoms with Gasteiger partial charge in [-0.15, -0.1) is 0 Å². The second-order valence-corrected chi connectivity index (χ2v) is 7.60. The molecule has 0 bridgehead atoms. The molecule has 0 radical (unpaired) electrons. The summed E-state index contributed by atoms with van der Waals surface area (Å²) < 4.78 is 0. The van der Waals surface area contributed by atoms with E-state index in [1.165, 1.54) is 0 Å². The predicted molar refractivity (Wildman–Crippen MR) is 107 cm³/mol. The average Bonchev–Trinajstić information content (AvgIpc) is 2.74. The number of barbiturate groups is 1. The number of urea groups is 1. The summed E-state index contributed by atoms with van der Waals surface area (Å²) in [6.07, 6.45) is 1.62. The van der Waals surface area contributed by atoms with Gasteiger partial charge in [0.2, 0.25) is 17.7 Å². The fourth-order valence-electron chi connectivity index (χ4n) is 4.14. The van der Waals surface area contributed by atoms with Gasteiger partial charge in [0.1, 0.15) is 5.41 Å². The Balaban J connectivity index is 1.73. The molecule has 3 rings (SSSR count). The first kappa shape index (κ1) is 21.0. The molecule has 2 aliphatic rings. The van der Waals surface area contributed by atoms with Crippen molar-refractivity contribution in [2.45, 2.75) is 38.5 Å². The lowest BCUT2D eigenvalue weighted by molar-refractivity contribution is -0.145. The molecule has 2 saturated heterocycles. The molecule has 1 aromatic rings. The number of hydrogen-bond donors (Lipinski definition) is 3. The third-order valence-electron chi connectivity index (χ3n) is 5.95. The van der Waals surface area contributed by atoms with Crippen LogP contribution in [0, 0.1) is 5.41 Å². The van der Waals surface area contributed by atoms with Crippen molar-refractivity contribution in [1.82, 2.24) is 20.9 Å². The van der Waals surface area contributed by atoms with Crippen molar-refractivity contribution in [2.24, 2.45) is 5.41 Å². The van der Waals surface area contributed by atoms with Crippen LogP contribution in [0.25, 0.3) is 0 Å². The van der Waals surface area contributed by atoms with Crippen LogP contribution in [0.3, 0.4) is 0 Å². The number of hydrogen-bond acceptors (Lipinski definition) is 5. The van der Waals surface area contributed by atoms with Crippen LogP contribution in [0.15, 0.2) is 30.3 Å². The number of nitrogens with zero attached hydrogens (tertiary/aromatic N) is 1. The summed E-state index contributed by atoms with van der Waals surface area (Å²) in [6.45, 7) is 4.67. The summed E-state index contributed by atoms with van der Waals surface area (Å²) in [5.41, 5.74) is -0.331. The number of carbonyl (C=O) groups excluding carboxylic acids is 4. The SMILES string of the molecule is CCC1(CCCC(C(=O)N2CCNCC2)c2ccccc2)C(=O)NC(=O)NC1=O. The van der Waals surface area contributed by atoms with Crippen LogP contribution in [0.4, 0.5) is 4.79 Å². The molecule has 1 atom stereocenters. The van der Waals surface area contributed by atoms with Crippen LogP contribution in [0.5, 0.6) is 0 Å². The van der Waals surface area contributed by atoms with Crippen LogP contribution in [-0.4, -0.2) is 54.8 Å². The molecule has 1 aromatic carbocycles. The highest BCUT2D eigenvalue weighted by atomic mass is 16.2. The Morgan fingerprint density at radius 3 is 2.28 bits per heavy atom. The summed E-state index contributed by atoms with van der Waals surface area (Å²) >= 11 is 0. The summed E-state index contributed by atoms with van der Waals surface area (Å²) in [7, 11) is 0. The quantitative estimate of drug-likeness (QED) is 0.595. The zero-order chi connectivity index (χ0) is 20.9. The Kier molecular flexibility index (Phi) is 6.64. The maximum Gasteiger partial charge on any atom is 0.328 e. The van der Waals surface area contributed by atoms with Gasteiger partial charge in [0, 0.05) is 26.2 Å². The number of imide groups is 2. The van der Waals surface area contributed by atoms with Gasteiger partial charge < -0.3 is 10.2 Å². The summed E-state index contributed by atoms with van der Waals surface area (Å²) in [6, 6.07) is 8.84. The molecule has 5 amide bonds. The van der Waals surface area contributed by atoms with Gasteiger partial charge >= 0.3 is 6.03 Å². The zero-order valence-corrected chi connectivity index (χ0v) is 16.7. The first-order valence-corrected chi connectivity index (χ1v) is 10.2. The molecule has 0 aliphatic carbocycles. The number of nitrogens with one attached hydrogen (secondary N) is 3. The number of carbonyl (C=O) groups is 4. The lowest BCUT2D eigenvalue weighted by Gasteiger charge is -2.34. The van der Waals surface area contributed by atoms with Gasteiger partial charge in [-0.05, 0) is 24.8 Å². The van der Waals surface area contributed by atoms with E-state index in [0.717, 1.165) is 18.7 Å². The van der Waals surface area contributed by atoms with E-state index < -0.39 is 23.3 Å². The molecule has 8 heteroatoms. The van der Waals surface area contributed by atoms with E-state index >= 15 is 0 Å². The Hall–Kier alpha value is -2.74. The molecule has 2 aliphatic heterocycles. The van der Waals surface area contributed by atoms with E-state index in [-0.39, 0.29) is 18.2 Å². The second-order valence-electron chi connectivity index (χ2n) is 7.60. The molecular formula is C21H28N4O4. The maximum atomic E-state index is 13.2. The van der Waals surface area contributed by atoms with Gasteiger partial charge in [-0.25, -0.2) is 4.79 Å². The van der Waals surface area contributed by atoms with Gasteiger partial charge in [-0.1, -0.05) is 43.7 Å². The molecule has 3 N–H and O–H groups in total.